The highest BCUT2D eigenvalue weighted by atomic mass is 16.5. The molecule has 7 heteroatoms. The normalized spacial score (nSPS) is 17.9. The minimum Gasteiger partial charge on any atom is -0.469 e. The number of hydrogen-bond acceptors (Lipinski definition) is 6. The number of piperidine rings is 1. The second kappa shape index (κ2) is 8.96. The molecule has 0 aromatic heterocycles. The number of rotatable bonds is 7. The highest BCUT2D eigenvalue weighted by Crippen LogP contribution is 2.18. The lowest BCUT2D eigenvalue weighted by atomic mass is 9.97. The first-order valence-corrected chi connectivity index (χ1v) is 7.19. The number of nitrogens with zero attached hydrogens (tertiary/aromatic N) is 2. The lowest BCUT2D eigenvalue weighted by molar-refractivity contribution is -0.149. The van der Waals surface area contributed by atoms with Crippen molar-refractivity contribution in [1.29, 1.82) is 0 Å². The molecular formula is C14H26N2O5. The van der Waals surface area contributed by atoms with E-state index in [9.17, 15) is 14.7 Å². The van der Waals surface area contributed by atoms with Gasteiger partial charge in [-0.15, -0.1) is 0 Å². The van der Waals surface area contributed by atoms with E-state index < -0.39 is 6.10 Å². The number of carbonyl (C=O) groups excluding carboxylic acids is 2. The highest BCUT2D eigenvalue weighted by molar-refractivity contribution is 5.79. The number of hydrogen-bond donors (Lipinski definition) is 1. The van der Waals surface area contributed by atoms with Crippen LogP contribution in [-0.4, -0.2) is 86.9 Å². The van der Waals surface area contributed by atoms with Crippen LogP contribution in [0.4, 0.5) is 0 Å². The van der Waals surface area contributed by atoms with Gasteiger partial charge in [-0.05, 0) is 19.9 Å². The SMILES string of the molecule is COCC(O)CN(C)CC(=O)N1CCC(C(=O)OC)CC1. The van der Waals surface area contributed by atoms with Crippen LogP contribution in [0.1, 0.15) is 12.8 Å². The number of likely N-dealkylation sites (tertiary alicyclic amines) is 1. The van der Waals surface area contributed by atoms with Gasteiger partial charge in [0.05, 0.1) is 32.3 Å². The van der Waals surface area contributed by atoms with Crippen molar-refractivity contribution in [2.24, 2.45) is 5.92 Å². The summed E-state index contributed by atoms with van der Waals surface area (Å²) in [5.41, 5.74) is 0. The van der Waals surface area contributed by atoms with Gasteiger partial charge < -0.3 is 19.5 Å². The van der Waals surface area contributed by atoms with Crippen molar-refractivity contribution in [2.45, 2.75) is 18.9 Å². The number of aliphatic hydroxyl groups excluding tert-OH is 1. The summed E-state index contributed by atoms with van der Waals surface area (Å²) < 4.78 is 9.58. The molecule has 1 amide bonds. The summed E-state index contributed by atoms with van der Waals surface area (Å²) in [4.78, 5) is 27.1. The molecule has 0 spiro atoms. The third-order valence-corrected chi connectivity index (χ3v) is 3.67. The molecule has 0 radical (unpaired) electrons. The van der Waals surface area contributed by atoms with E-state index in [-0.39, 0.29) is 30.9 Å². The summed E-state index contributed by atoms with van der Waals surface area (Å²) in [5.74, 6) is -0.271. The van der Waals surface area contributed by atoms with Crippen molar-refractivity contribution >= 4 is 11.9 Å². The van der Waals surface area contributed by atoms with Crippen LogP contribution in [0.2, 0.25) is 0 Å². The van der Waals surface area contributed by atoms with Crippen molar-refractivity contribution in [3.05, 3.63) is 0 Å². The summed E-state index contributed by atoms with van der Waals surface area (Å²) in [7, 11) is 4.71. The van der Waals surface area contributed by atoms with E-state index in [0.717, 1.165) is 0 Å². The maximum Gasteiger partial charge on any atom is 0.308 e. The number of aliphatic hydroxyl groups is 1. The van der Waals surface area contributed by atoms with Crippen molar-refractivity contribution < 1.29 is 24.2 Å². The van der Waals surface area contributed by atoms with Gasteiger partial charge >= 0.3 is 5.97 Å². The van der Waals surface area contributed by atoms with Gasteiger partial charge in [0.25, 0.3) is 0 Å². The van der Waals surface area contributed by atoms with Crippen molar-refractivity contribution in [3.8, 4) is 0 Å². The molecule has 1 fully saturated rings. The summed E-state index contributed by atoms with van der Waals surface area (Å²) in [6, 6.07) is 0. The fraction of sp³-hybridized carbons (Fsp3) is 0.857. The van der Waals surface area contributed by atoms with Crippen molar-refractivity contribution in [3.63, 3.8) is 0 Å². The smallest absolute Gasteiger partial charge is 0.308 e. The van der Waals surface area contributed by atoms with Gasteiger partial charge in [0, 0.05) is 26.7 Å². The van der Waals surface area contributed by atoms with E-state index in [0.29, 0.717) is 32.5 Å². The van der Waals surface area contributed by atoms with Crippen LogP contribution in [0.3, 0.4) is 0 Å². The molecule has 1 heterocycles. The standard InChI is InChI=1S/C14H26N2O5/c1-15(8-12(17)10-20-2)9-13(18)16-6-4-11(5-7-16)14(19)21-3/h11-12,17H,4-10H2,1-3H3. The van der Waals surface area contributed by atoms with Gasteiger partial charge in [-0.2, -0.15) is 0 Å². The molecule has 0 saturated carbocycles. The van der Waals surface area contributed by atoms with E-state index in [1.54, 1.807) is 16.8 Å². The Labute approximate surface area is 125 Å². The number of methoxy groups -OCH3 is 2. The monoisotopic (exact) mass is 302 g/mol. The largest absolute Gasteiger partial charge is 0.469 e. The second-order valence-electron chi connectivity index (χ2n) is 5.48. The third kappa shape index (κ3) is 5.99. The molecule has 21 heavy (non-hydrogen) atoms. The third-order valence-electron chi connectivity index (χ3n) is 3.67. The maximum atomic E-state index is 12.1. The van der Waals surface area contributed by atoms with Gasteiger partial charge in [-0.1, -0.05) is 0 Å². The Morgan fingerprint density at radius 3 is 2.48 bits per heavy atom. The zero-order valence-corrected chi connectivity index (χ0v) is 13.1. The number of ether oxygens (including phenoxy) is 2. The number of likely N-dealkylation sites (N-methyl/N-ethyl adjacent to an activating group) is 1. The Balaban J connectivity index is 2.32. The average molecular weight is 302 g/mol. The summed E-state index contributed by atoms with van der Waals surface area (Å²) in [5, 5.41) is 9.62. The van der Waals surface area contributed by atoms with E-state index in [2.05, 4.69) is 0 Å². The van der Waals surface area contributed by atoms with Gasteiger partial charge in [-0.3, -0.25) is 14.5 Å². The van der Waals surface area contributed by atoms with E-state index in [4.69, 9.17) is 9.47 Å². The number of esters is 1. The van der Waals surface area contributed by atoms with Crippen molar-refractivity contribution in [1.82, 2.24) is 9.80 Å². The Kier molecular flexibility index (Phi) is 7.63. The lowest BCUT2D eigenvalue weighted by Crippen LogP contribution is -2.45. The molecule has 1 rings (SSSR count). The summed E-state index contributed by atoms with van der Waals surface area (Å²) in [6.45, 7) is 2.05. The lowest BCUT2D eigenvalue weighted by Gasteiger charge is -2.32. The van der Waals surface area contributed by atoms with E-state index >= 15 is 0 Å². The summed E-state index contributed by atoms with van der Waals surface area (Å²) in [6.07, 6.45) is 0.695. The molecule has 0 aliphatic carbocycles. The molecule has 1 aliphatic heterocycles. The predicted molar refractivity (Wildman–Crippen MR) is 76.7 cm³/mol. The van der Waals surface area contributed by atoms with Gasteiger partial charge in [-0.25, -0.2) is 0 Å². The van der Waals surface area contributed by atoms with Crippen LogP contribution in [0.5, 0.6) is 0 Å². The van der Waals surface area contributed by atoms with Gasteiger partial charge in [0.2, 0.25) is 5.91 Å². The van der Waals surface area contributed by atoms with Crippen LogP contribution < -0.4 is 0 Å². The van der Waals surface area contributed by atoms with Crippen LogP contribution >= 0.6 is 0 Å². The average Bonchev–Trinajstić information content (AvgIpc) is 2.46. The first-order valence-electron chi connectivity index (χ1n) is 7.19. The molecular weight excluding hydrogens is 276 g/mol. The van der Waals surface area contributed by atoms with Crippen molar-refractivity contribution in [2.75, 3.05) is 54.1 Å². The second-order valence-corrected chi connectivity index (χ2v) is 5.48. The molecule has 0 bridgehead atoms. The van der Waals surface area contributed by atoms with Crippen LogP contribution in [0, 0.1) is 5.92 Å². The molecule has 122 valence electrons. The molecule has 1 atom stereocenters. The van der Waals surface area contributed by atoms with Crippen LogP contribution in [0.15, 0.2) is 0 Å². The Morgan fingerprint density at radius 2 is 1.95 bits per heavy atom. The number of amides is 1. The van der Waals surface area contributed by atoms with Gasteiger partial charge in [0.15, 0.2) is 0 Å². The van der Waals surface area contributed by atoms with E-state index in [1.165, 1.54) is 14.2 Å². The Morgan fingerprint density at radius 1 is 1.33 bits per heavy atom. The highest BCUT2D eigenvalue weighted by Gasteiger charge is 2.28. The Bertz CT molecular complexity index is 342. The zero-order valence-electron chi connectivity index (χ0n) is 13.1. The first kappa shape index (κ1) is 17.9. The molecule has 1 unspecified atom stereocenters. The maximum absolute atomic E-state index is 12.1. The predicted octanol–water partition coefficient (Wildman–Crippen LogP) is -0.663. The molecule has 1 aliphatic rings. The molecule has 0 aromatic rings. The fourth-order valence-electron chi connectivity index (χ4n) is 2.53. The number of carbonyl (C=O) groups is 2. The molecule has 0 aromatic carbocycles. The van der Waals surface area contributed by atoms with E-state index in [1.807, 2.05) is 0 Å². The molecule has 7 nitrogen and oxygen atoms in total. The fourth-order valence-corrected chi connectivity index (χ4v) is 2.53. The minimum absolute atomic E-state index is 0.0189. The first-order chi connectivity index (χ1) is 9.97. The topological polar surface area (TPSA) is 79.3 Å². The molecule has 1 N–H and O–H groups in total. The quantitative estimate of drug-likeness (QED) is 0.629. The zero-order chi connectivity index (χ0) is 15.8. The van der Waals surface area contributed by atoms with Gasteiger partial charge in [0.1, 0.15) is 0 Å². The molecule has 1 saturated heterocycles. The van der Waals surface area contributed by atoms with Crippen LogP contribution in [-0.2, 0) is 19.1 Å². The minimum atomic E-state index is -0.599. The Hall–Kier alpha value is -1.18. The summed E-state index contributed by atoms with van der Waals surface area (Å²) >= 11 is 0. The van der Waals surface area contributed by atoms with Crippen LogP contribution in [0.25, 0.3) is 0 Å².